The molecule has 1 heterocycles. The van der Waals surface area contributed by atoms with Gasteiger partial charge >= 0.3 is 0 Å². The number of hydrogen-bond acceptors (Lipinski definition) is 4. The number of methoxy groups -OCH3 is 1. The van der Waals surface area contributed by atoms with Crippen molar-refractivity contribution in [3.05, 3.63) is 22.3 Å². The van der Waals surface area contributed by atoms with E-state index in [2.05, 4.69) is 31.9 Å². The average molecular weight is 302 g/mol. The minimum absolute atomic E-state index is 0.687. The van der Waals surface area contributed by atoms with E-state index in [1.807, 2.05) is 13.1 Å². The fourth-order valence-electron chi connectivity index (χ4n) is 1.57. The van der Waals surface area contributed by atoms with E-state index in [9.17, 15) is 0 Å². The predicted octanol–water partition coefficient (Wildman–Crippen LogP) is 1.95. The van der Waals surface area contributed by atoms with Crippen LogP contribution in [0.3, 0.4) is 0 Å². The van der Waals surface area contributed by atoms with Crippen LogP contribution in [0.15, 0.2) is 16.7 Å². The number of hydrogen-bond donors (Lipinski definition) is 1. The Balaban J connectivity index is 2.79. The lowest BCUT2D eigenvalue weighted by Crippen LogP contribution is -2.30. The Morgan fingerprint density at radius 2 is 2.24 bits per heavy atom. The van der Waals surface area contributed by atoms with Crippen LogP contribution in [0.2, 0.25) is 0 Å². The molecule has 0 aliphatic heterocycles. The first-order chi connectivity index (χ1) is 8.19. The number of aromatic nitrogens is 1. The summed E-state index contributed by atoms with van der Waals surface area (Å²) in [5.41, 5.74) is 6.70. The Kier molecular flexibility index (Phi) is 6.47. The molecule has 2 N–H and O–H groups in total. The van der Waals surface area contributed by atoms with Gasteiger partial charge in [-0.2, -0.15) is 0 Å². The van der Waals surface area contributed by atoms with Crippen LogP contribution < -0.4 is 10.6 Å². The van der Waals surface area contributed by atoms with Crippen molar-refractivity contribution in [3.63, 3.8) is 0 Å². The van der Waals surface area contributed by atoms with E-state index in [1.54, 1.807) is 7.11 Å². The largest absolute Gasteiger partial charge is 0.383 e. The van der Waals surface area contributed by atoms with Gasteiger partial charge in [-0.05, 0) is 47.4 Å². The van der Waals surface area contributed by atoms with E-state index in [0.717, 1.165) is 35.4 Å². The summed E-state index contributed by atoms with van der Waals surface area (Å²) in [5, 5.41) is 0. The molecular weight excluding hydrogens is 282 g/mol. The topological polar surface area (TPSA) is 51.4 Å². The number of ether oxygens (including phenoxy) is 1. The summed E-state index contributed by atoms with van der Waals surface area (Å²) in [5.74, 6) is 0.959. The minimum atomic E-state index is 0.687. The second-order valence-corrected chi connectivity index (χ2v) is 4.79. The summed E-state index contributed by atoms with van der Waals surface area (Å²) in [6.45, 7) is 5.13. The maximum atomic E-state index is 5.56. The predicted molar refractivity (Wildman–Crippen MR) is 74.4 cm³/mol. The Morgan fingerprint density at radius 1 is 1.47 bits per heavy atom. The third kappa shape index (κ3) is 4.61. The first-order valence-corrected chi connectivity index (χ1v) is 6.54. The first kappa shape index (κ1) is 14.4. The molecule has 0 amide bonds. The molecular formula is C12H20BrN3O. The molecule has 0 radical (unpaired) electrons. The fourth-order valence-corrected chi connectivity index (χ4v) is 2.28. The van der Waals surface area contributed by atoms with Crippen LogP contribution in [-0.4, -0.2) is 38.3 Å². The molecule has 0 atom stereocenters. The molecule has 17 heavy (non-hydrogen) atoms. The van der Waals surface area contributed by atoms with Crippen molar-refractivity contribution in [1.29, 1.82) is 0 Å². The van der Waals surface area contributed by atoms with Gasteiger partial charge < -0.3 is 15.4 Å². The molecule has 4 nitrogen and oxygen atoms in total. The SMILES string of the molecule is COCCN(CCCN)c1ncc(C)cc1Br. The van der Waals surface area contributed by atoms with E-state index in [-0.39, 0.29) is 0 Å². The number of aryl methyl sites for hydroxylation is 1. The smallest absolute Gasteiger partial charge is 0.142 e. The van der Waals surface area contributed by atoms with Crippen molar-refractivity contribution in [2.24, 2.45) is 5.73 Å². The molecule has 1 aromatic rings. The number of anilines is 1. The van der Waals surface area contributed by atoms with Gasteiger partial charge in [0, 0.05) is 26.4 Å². The van der Waals surface area contributed by atoms with Crippen molar-refractivity contribution in [1.82, 2.24) is 4.98 Å². The van der Waals surface area contributed by atoms with E-state index >= 15 is 0 Å². The summed E-state index contributed by atoms with van der Waals surface area (Å²) < 4.78 is 6.14. The van der Waals surface area contributed by atoms with E-state index in [4.69, 9.17) is 10.5 Å². The van der Waals surface area contributed by atoms with Gasteiger partial charge in [-0.3, -0.25) is 0 Å². The lowest BCUT2D eigenvalue weighted by Gasteiger charge is -2.24. The third-order valence-corrected chi connectivity index (χ3v) is 3.04. The van der Waals surface area contributed by atoms with Crippen molar-refractivity contribution in [2.75, 3.05) is 38.3 Å². The van der Waals surface area contributed by atoms with Crippen LogP contribution in [0, 0.1) is 6.92 Å². The highest BCUT2D eigenvalue weighted by molar-refractivity contribution is 9.10. The van der Waals surface area contributed by atoms with Crippen LogP contribution in [0.4, 0.5) is 5.82 Å². The Hall–Kier alpha value is -0.650. The Labute approximate surface area is 111 Å². The summed E-state index contributed by atoms with van der Waals surface area (Å²) in [7, 11) is 1.71. The molecule has 1 aromatic heterocycles. The molecule has 0 bridgehead atoms. The van der Waals surface area contributed by atoms with E-state index in [0.29, 0.717) is 13.2 Å². The van der Waals surface area contributed by atoms with E-state index in [1.165, 1.54) is 0 Å². The highest BCUT2D eigenvalue weighted by atomic mass is 79.9. The molecule has 0 aromatic carbocycles. The maximum absolute atomic E-state index is 5.56. The van der Waals surface area contributed by atoms with Crippen LogP contribution in [0.25, 0.3) is 0 Å². The highest BCUT2D eigenvalue weighted by Gasteiger charge is 2.11. The fraction of sp³-hybridized carbons (Fsp3) is 0.583. The second-order valence-electron chi connectivity index (χ2n) is 3.94. The number of halogens is 1. The standard InChI is InChI=1S/C12H20BrN3O/c1-10-8-11(13)12(15-9-10)16(5-3-4-14)6-7-17-2/h8-9H,3-7,14H2,1-2H3. The Bertz CT molecular complexity index is 339. The second kappa shape index (κ2) is 7.63. The Morgan fingerprint density at radius 3 is 2.82 bits per heavy atom. The summed E-state index contributed by atoms with van der Waals surface area (Å²) in [4.78, 5) is 6.66. The maximum Gasteiger partial charge on any atom is 0.142 e. The van der Waals surface area contributed by atoms with Gasteiger partial charge in [-0.15, -0.1) is 0 Å². The summed E-state index contributed by atoms with van der Waals surface area (Å²) in [6, 6.07) is 2.07. The number of nitrogens with two attached hydrogens (primary N) is 1. The first-order valence-electron chi connectivity index (χ1n) is 5.75. The van der Waals surface area contributed by atoms with Gasteiger partial charge in [0.25, 0.3) is 0 Å². The molecule has 0 saturated carbocycles. The number of rotatable bonds is 7. The lowest BCUT2D eigenvalue weighted by atomic mass is 10.3. The van der Waals surface area contributed by atoms with Crippen LogP contribution in [0.5, 0.6) is 0 Å². The molecule has 1 rings (SSSR count). The highest BCUT2D eigenvalue weighted by Crippen LogP contribution is 2.24. The molecule has 0 aliphatic rings. The molecule has 96 valence electrons. The molecule has 0 aliphatic carbocycles. The van der Waals surface area contributed by atoms with Crippen molar-refractivity contribution in [2.45, 2.75) is 13.3 Å². The van der Waals surface area contributed by atoms with Crippen LogP contribution >= 0.6 is 15.9 Å². The zero-order chi connectivity index (χ0) is 12.7. The van der Waals surface area contributed by atoms with Crippen molar-refractivity contribution in [3.8, 4) is 0 Å². The van der Waals surface area contributed by atoms with Gasteiger partial charge in [0.1, 0.15) is 5.82 Å². The normalized spacial score (nSPS) is 10.6. The third-order valence-electron chi connectivity index (χ3n) is 2.46. The summed E-state index contributed by atoms with van der Waals surface area (Å²) >= 11 is 3.56. The summed E-state index contributed by atoms with van der Waals surface area (Å²) in [6.07, 6.45) is 2.83. The van der Waals surface area contributed by atoms with Crippen LogP contribution in [-0.2, 0) is 4.74 Å². The van der Waals surface area contributed by atoms with Gasteiger partial charge in [0.2, 0.25) is 0 Å². The van der Waals surface area contributed by atoms with Crippen molar-refractivity contribution < 1.29 is 4.74 Å². The van der Waals surface area contributed by atoms with E-state index < -0.39 is 0 Å². The molecule has 0 unspecified atom stereocenters. The quantitative estimate of drug-likeness (QED) is 0.836. The minimum Gasteiger partial charge on any atom is -0.383 e. The average Bonchev–Trinajstić information content (AvgIpc) is 2.30. The lowest BCUT2D eigenvalue weighted by molar-refractivity contribution is 0.205. The van der Waals surface area contributed by atoms with Gasteiger partial charge in [0.15, 0.2) is 0 Å². The zero-order valence-electron chi connectivity index (χ0n) is 10.4. The molecule has 0 spiro atoms. The number of nitrogens with zero attached hydrogens (tertiary/aromatic N) is 2. The van der Waals surface area contributed by atoms with Crippen LogP contribution in [0.1, 0.15) is 12.0 Å². The molecule has 0 fully saturated rings. The molecule has 0 saturated heterocycles. The monoisotopic (exact) mass is 301 g/mol. The van der Waals surface area contributed by atoms with Gasteiger partial charge in [-0.25, -0.2) is 4.98 Å². The van der Waals surface area contributed by atoms with Crippen molar-refractivity contribution >= 4 is 21.7 Å². The van der Waals surface area contributed by atoms with Gasteiger partial charge in [0.05, 0.1) is 11.1 Å². The number of pyridine rings is 1. The zero-order valence-corrected chi connectivity index (χ0v) is 12.0. The molecule has 5 heteroatoms. The van der Waals surface area contributed by atoms with Gasteiger partial charge in [-0.1, -0.05) is 0 Å².